The normalized spacial score (nSPS) is 20.3. The second-order valence-corrected chi connectivity index (χ2v) is 7.88. The van der Waals surface area contributed by atoms with Crippen LogP contribution in [0.5, 0.6) is 0 Å². The zero-order chi connectivity index (χ0) is 20.1. The van der Waals surface area contributed by atoms with E-state index in [1.165, 1.54) is 30.4 Å². The average Bonchev–Trinajstić information content (AvgIpc) is 2.97. The number of nitrogens with one attached hydrogen (secondary N) is 1. The number of morpholine rings is 1. The third-order valence-electron chi connectivity index (χ3n) is 5.93. The molecule has 29 heavy (non-hydrogen) atoms. The van der Waals surface area contributed by atoms with Crippen LogP contribution < -0.4 is 5.32 Å². The Labute approximate surface area is 173 Å². The Kier molecular flexibility index (Phi) is 6.44. The van der Waals surface area contributed by atoms with Gasteiger partial charge in [0.15, 0.2) is 5.96 Å². The van der Waals surface area contributed by atoms with Crippen molar-refractivity contribution >= 4 is 5.96 Å². The van der Waals surface area contributed by atoms with Crippen LogP contribution >= 0.6 is 0 Å². The van der Waals surface area contributed by atoms with Crippen molar-refractivity contribution in [3.63, 3.8) is 0 Å². The summed E-state index contributed by atoms with van der Waals surface area (Å²) in [7, 11) is 1.85. The minimum Gasteiger partial charge on any atom is -0.370 e. The van der Waals surface area contributed by atoms with Crippen molar-refractivity contribution in [3.8, 4) is 0 Å². The maximum atomic E-state index is 6.06. The number of guanidine groups is 1. The number of nitrogens with zero attached hydrogens (tertiary/aromatic N) is 5. The SMILES string of the molecule is CN=C(NCCc1nnc2n1CCCCC2)N1CCOC(c2ccccc2C)C1. The molecule has 1 atom stereocenters. The molecule has 1 saturated heterocycles. The molecule has 4 rings (SSSR count). The van der Waals surface area contributed by atoms with Crippen LogP contribution in [0.2, 0.25) is 0 Å². The summed E-state index contributed by atoms with van der Waals surface area (Å²) in [5.74, 6) is 3.17. The molecule has 7 heteroatoms. The van der Waals surface area contributed by atoms with Crippen molar-refractivity contribution in [1.82, 2.24) is 25.0 Å². The van der Waals surface area contributed by atoms with Gasteiger partial charge in [-0.1, -0.05) is 30.7 Å². The summed E-state index contributed by atoms with van der Waals surface area (Å²) in [5, 5.41) is 12.4. The number of fused-ring (bicyclic) bond motifs is 1. The van der Waals surface area contributed by atoms with E-state index >= 15 is 0 Å². The van der Waals surface area contributed by atoms with Crippen LogP contribution in [0.25, 0.3) is 0 Å². The predicted molar refractivity (Wildman–Crippen MR) is 114 cm³/mol. The molecule has 0 saturated carbocycles. The van der Waals surface area contributed by atoms with Gasteiger partial charge in [-0.3, -0.25) is 4.99 Å². The molecule has 1 unspecified atom stereocenters. The Bertz CT molecular complexity index is 846. The zero-order valence-corrected chi connectivity index (χ0v) is 17.6. The van der Waals surface area contributed by atoms with E-state index in [9.17, 15) is 0 Å². The van der Waals surface area contributed by atoms with Crippen LogP contribution in [0.1, 0.15) is 48.1 Å². The summed E-state index contributed by atoms with van der Waals surface area (Å²) in [6.07, 6.45) is 5.72. The van der Waals surface area contributed by atoms with Crippen molar-refractivity contribution in [3.05, 3.63) is 47.0 Å². The van der Waals surface area contributed by atoms with Crippen LogP contribution in [0, 0.1) is 6.92 Å². The molecule has 2 aromatic rings. The number of aryl methyl sites for hydroxylation is 2. The highest BCUT2D eigenvalue weighted by Crippen LogP contribution is 2.25. The van der Waals surface area contributed by atoms with Crippen molar-refractivity contribution < 1.29 is 4.74 Å². The number of ether oxygens (including phenoxy) is 1. The number of hydrogen-bond donors (Lipinski definition) is 1. The largest absolute Gasteiger partial charge is 0.370 e. The Morgan fingerprint density at radius 2 is 2.10 bits per heavy atom. The minimum atomic E-state index is 0.0794. The molecule has 1 aromatic carbocycles. The molecule has 1 fully saturated rings. The van der Waals surface area contributed by atoms with Gasteiger partial charge in [0, 0.05) is 39.5 Å². The first kappa shape index (κ1) is 19.9. The quantitative estimate of drug-likeness (QED) is 0.635. The van der Waals surface area contributed by atoms with Gasteiger partial charge in [-0.25, -0.2) is 0 Å². The summed E-state index contributed by atoms with van der Waals surface area (Å²) < 4.78 is 8.38. The van der Waals surface area contributed by atoms with E-state index in [-0.39, 0.29) is 6.10 Å². The molecule has 2 aliphatic heterocycles. The highest BCUT2D eigenvalue weighted by Gasteiger charge is 2.25. The maximum Gasteiger partial charge on any atom is 0.193 e. The van der Waals surface area contributed by atoms with E-state index in [1.54, 1.807) is 0 Å². The van der Waals surface area contributed by atoms with Crippen molar-refractivity contribution in [2.75, 3.05) is 33.3 Å². The van der Waals surface area contributed by atoms with Crippen LogP contribution in [-0.4, -0.2) is 58.9 Å². The van der Waals surface area contributed by atoms with E-state index in [0.29, 0.717) is 6.61 Å². The molecule has 1 N–H and O–H groups in total. The van der Waals surface area contributed by atoms with Gasteiger partial charge in [0.2, 0.25) is 0 Å². The second kappa shape index (κ2) is 9.39. The fraction of sp³-hybridized carbons (Fsp3) is 0.591. The minimum absolute atomic E-state index is 0.0794. The molecule has 2 aliphatic rings. The topological polar surface area (TPSA) is 67.6 Å². The Hall–Kier alpha value is -2.41. The molecular formula is C22H32N6O. The monoisotopic (exact) mass is 396 g/mol. The summed E-state index contributed by atoms with van der Waals surface area (Å²) in [6.45, 7) is 6.36. The first-order valence-electron chi connectivity index (χ1n) is 10.8. The Morgan fingerprint density at radius 1 is 1.21 bits per heavy atom. The van der Waals surface area contributed by atoms with Crippen molar-refractivity contribution in [2.24, 2.45) is 4.99 Å². The molecule has 0 amide bonds. The summed E-state index contributed by atoms with van der Waals surface area (Å²) >= 11 is 0. The highest BCUT2D eigenvalue weighted by molar-refractivity contribution is 5.80. The van der Waals surface area contributed by atoms with Crippen LogP contribution in [0.3, 0.4) is 0 Å². The van der Waals surface area contributed by atoms with Crippen molar-refractivity contribution in [1.29, 1.82) is 0 Å². The molecule has 1 aromatic heterocycles. The molecule has 0 aliphatic carbocycles. The lowest BCUT2D eigenvalue weighted by Crippen LogP contribution is -2.48. The van der Waals surface area contributed by atoms with Crippen LogP contribution in [-0.2, 0) is 24.1 Å². The zero-order valence-electron chi connectivity index (χ0n) is 17.6. The summed E-state index contributed by atoms with van der Waals surface area (Å²) in [6, 6.07) is 8.47. The van der Waals surface area contributed by atoms with Crippen LogP contribution in [0.4, 0.5) is 0 Å². The van der Waals surface area contributed by atoms with Gasteiger partial charge in [0.25, 0.3) is 0 Å². The van der Waals surface area contributed by atoms with E-state index in [0.717, 1.165) is 56.6 Å². The van der Waals surface area contributed by atoms with Gasteiger partial charge >= 0.3 is 0 Å². The lowest BCUT2D eigenvalue weighted by atomic mass is 10.0. The molecule has 0 spiro atoms. The summed E-state index contributed by atoms with van der Waals surface area (Å²) in [4.78, 5) is 6.81. The maximum absolute atomic E-state index is 6.06. The third-order valence-corrected chi connectivity index (χ3v) is 5.93. The fourth-order valence-electron chi connectivity index (χ4n) is 4.33. The Balaban J connectivity index is 1.35. The Morgan fingerprint density at radius 3 is 2.97 bits per heavy atom. The van der Waals surface area contributed by atoms with E-state index in [2.05, 4.69) is 61.2 Å². The number of hydrogen-bond acceptors (Lipinski definition) is 4. The smallest absolute Gasteiger partial charge is 0.193 e. The van der Waals surface area contributed by atoms with Gasteiger partial charge in [-0.2, -0.15) is 0 Å². The fourth-order valence-corrected chi connectivity index (χ4v) is 4.33. The van der Waals surface area contributed by atoms with E-state index < -0.39 is 0 Å². The molecule has 3 heterocycles. The molecule has 156 valence electrons. The molecular weight excluding hydrogens is 364 g/mol. The van der Waals surface area contributed by atoms with Gasteiger partial charge < -0.3 is 19.5 Å². The van der Waals surface area contributed by atoms with Gasteiger partial charge in [-0.05, 0) is 30.9 Å². The van der Waals surface area contributed by atoms with E-state index in [1.807, 2.05) is 7.05 Å². The standard InChI is InChI=1S/C22H32N6O/c1-17-8-5-6-9-18(17)19-16-27(14-15-29-19)22(23-2)24-12-11-21-26-25-20-10-4-3-7-13-28(20)21/h5-6,8-9,19H,3-4,7,10-16H2,1-2H3,(H,23,24). The number of aromatic nitrogens is 3. The molecule has 0 radical (unpaired) electrons. The average molecular weight is 397 g/mol. The summed E-state index contributed by atoms with van der Waals surface area (Å²) in [5.41, 5.74) is 2.54. The first-order chi connectivity index (χ1) is 14.3. The first-order valence-corrected chi connectivity index (χ1v) is 10.8. The van der Waals surface area contributed by atoms with Gasteiger partial charge in [0.1, 0.15) is 17.8 Å². The lowest BCUT2D eigenvalue weighted by Gasteiger charge is -2.35. The molecule has 0 bridgehead atoms. The predicted octanol–water partition coefficient (Wildman–Crippen LogP) is 2.50. The number of benzene rings is 1. The van der Waals surface area contributed by atoms with Crippen LogP contribution in [0.15, 0.2) is 29.3 Å². The molecule has 7 nitrogen and oxygen atoms in total. The van der Waals surface area contributed by atoms with Gasteiger partial charge in [0.05, 0.1) is 13.2 Å². The second-order valence-electron chi connectivity index (χ2n) is 7.88. The highest BCUT2D eigenvalue weighted by atomic mass is 16.5. The number of rotatable bonds is 4. The van der Waals surface area contributed by atoms with E-state index in [4.69, 9.17) is 4.74 Å². The third kappa shape index (κ3) is 4.61. The number of aliphatic imine (C=N–C) groups is 1. The van der Waals surface area contributed by atoms with Gasteiger partial charge in [-0.15, -0.1) is 10.2 Å². The lowest BCUT2D eigenvalue weighted by molar-refractivity contribution is -0.00829. The van der Waals surface area contributed by atoms with Crippen molar-refractivity contribution in [2.45, 2.75) is 51.7 Å².